The maximum absolute atomic E-state index is 13.3. The van der Waals surface area contributed by atoms with Crippen LogP contribution in [0.4, 0.5) is 9.52 Å². The molecule has 2 atom stereocenters. The summed E-state index contributed by atoms with van der Waals surface area (Å²) in [5.41, 5.74) is 0.246. The van der Waals surface area contributed by atoms with E-state index in [1.165, 1.54) is 28.6 Å². The molecule has 1 aromatic heterocycles. The molecule has 1 aromatic carbocycles. The number of nitrogens with one attached hydrogen (secondary N) is 1. The van der Waals surface area contributed by atoms with Crippen molar-refractivity contribution >= 4 is 48.7 Å². The van der Waals surface area contributed by atoms with E-state index in [2.05, 4.69) is 15.5 Å². The molecule has 2 aromatic rings. The van der Waals surface area contributed by atoms with Crippen LogP contribution >= 0.6 is 22.1 Å². The van der Waals surface area contributed by atoms with Crippen LogP contribution in [-0.2, 0) is 24.2 Å². The highest BCUT2D eigenvalue weighted by Gasteiger charge is 2.34. The third-order valence-electron chi connectivity index (χ3n) is 5.23. The average molecular weight is 536 g/mol. The van der Waals surface area contributed by atoms with Crippen LogP contribution in [0.15, 0.2) is 40.5 Å². The topological polar surface area (TPSA) is 153 Å². The van der Waals surface area contributed by atoms with Crippen LogP contribution in [0.5, 0.6) is 0 Å². The number of aromatic nitrogens is 1. The van der Waals surface area contributed by atoms with Gasteiger partial charge in [-0.2, -0.15) is 8.70 Å². The van der Waals surface area contributed by atoms with Gasteiger partial charge in [-0.05, 0) is 22.9 Å². The Hall–Kier alpha value is -2.14. The number of carbonyl (C=O) groups excluding carboxylic acids is 1. The number of anilines is 1. The summed E-state index contributed by atoms with van der Waals surface area (Å²) >= 11 is 0.665. The zero-order valence-electron chi connectivity index (χ0n) is 17.8. The Bertz CT molecular complexity index is 1150. The van der Waals surface area contributed by atoms with Crippen LogP contribution in [0.25, 0.3) is 0 Å². The van der Waals surface area contributed by atoms with Crippen molar-refractivity contribution in [2.24, 2.45) is 5.16 Å². The fraction of sp³-hybridized carbons (Fsp3) is 0.421. The maximum Gasteiger partial charge on any atom is 0.280 e. The number of sulfone groups is 1. The van der Waals surface area contributed by atoms with Crippen molar-refractivity contribution in [3.8, 4) is 0 Å². The lowest BCUT2D eigenvalue weighted by Crippen LogP contribution is -2.41. The molecule has 3 heterocycles. The maximum atomic E-state index is 13.3. The molecule has 11 nitrogen and oxygen atoms in total. The first-order chi connectivity index (χ1) is 16.1. The van der Waals surface area contributed by atoms with E-state index in [4.69, 9.17) is 14.1 Å². The predicted molar refractivity (Wildman–Crippen MR) is 126 cm³/mol. The number of nitrogens with zero attached hydrogens (tertiary/aromatic N) is 3. The monoisotopic (exact) mass is 535 g/mol. The zero-order valence-corrected chi connectivity index (χ0v) is 20.3. The lowest BCUT2D eigenvalue weighted by atomic mass is 10.1. The Balaban J connectivity index is 1.54. The quantitative estimate of drug-likeness (QED) is 0.306. The number of carbonyl (C=O) groups is 1. The van der Waals surface area contributed by atoms with Gasteiger partial charge in [0.15, 0.2) is 31.9 Å². The van der Waals surface area contributed by atoms with Crippen molar-refractivity contribution in [1.29, 1.82) is 0 Å². The van der Waals surface area contributed by atoms with Gasteiger partial charge in [0.1, 0.15) is 4.90 Å². The molecular formula is C19H24FN4O7S3+. The molecule has 34 heavy (non-hydrogen) atoms. The summed E-state index contributed by atoms with van der Waals surface area (Å²) in [5.74, 6) is -0.901. The third-order valence-corrected chi connectivity index (χ3v) is 9.58. The number of amides is 1. The normalized spacial score (nSPS) is 23.7. The van der Waals surface area contributed by atoms with Gasteiger partial charge in [0.25, 0.3) is 5.91 Å². The minimum atomic E-state index is -3.17. The van der Waals surface area contributed by atoms with Crippen LogP contribution in [0.3, 0.4) is 0 Å². The molecule has 186 valence electrons. The van der Waals surface area contributed by atoms with Gasteiger partial charge >= 0.3 is 0 Å². The molecule has 2 fully saturated rings. The smallest absolute Gasteiger partial charge is 0.280 e. The molecule has 15 heteroatoms. The molecule has 0 aliphatic carbocycles. The molecule has 2 aliphatic rings. The Morgan fingerprint density at radius 1 is 1.35 bits per heavy atom. The molecule has 2 aliphatic heterocycles. The van der Waals surface area contributed by atoms with E-state index in [-0.39, 0.29) is 46.4 Å². The van der Waals surface area contributed by atoms with Crippen molar-refractivity contribution in [2.45, 2.75) is 17.4 Å². The third kappa shape index (κ3) is 5.91. The van der Waals surface area contributed by atoms with E-state index in [0.717, 1.165) is 6.20 Å². The van der Waals surface area contributed by atoms with Crippen molar-refractivity contribution in [3.05, 3.63) is 41.2 Å². The lowest BCUT2D eigenvalue weighted by molar-refractivity contribution is -0.110. The fourth-order valence-electron chi connectivity index (χ4n) is 3.33. The number of rotatable bonds is 7. The molecular weight excluding hydrogens is 511 g/mol. The number of halogens is 1. The van der Waals surface area contributed by atoms with Crippen molar-refractivity contribution < 1.29 is 36.3 Å². The van der Waals surface area contributed by atoms with Crippen LogP contribution in [0.2, 0.25) is 0 Å². The second-order valence-electron chi connectivity index (χ2n) is 7.61. The number of benzene rings is 1. The number of hydrogen-bond donors (Lipinski definition) is 2. The molecule has 2 saturated heterocycles. The summed E-state index contributed by atoms with van der Waals surface area (Å²) in [5, 5.41) is 5.99. The first-order valence-corrected chi connectivity index (χ1v) is 14.4. The van der Waals surface area contributed by atoms with Gasteiger partial charge < -0.3 is 14.1 Å². The summed E-state index contributed by atoms with van der Waals surface area (Å²) in [6.07, 6.45) is 1.30. The van der Waals surface area contributed by atoms with Gasteiger partial charge in [0.2, 0.25) is 0 Å². The van der Waals surface area contributed by atoms with Gasteiger partial charge in [-0.1, -0.05) is 28.6 Å². The first-order valence-electron chi connectivity index (χ1n) is 10.2. The second-order valence-corrected chi connectivity index (χ2v) is 13.0. The number of ether oxygens (including phenoxy) is 1. The van der Waals surface area contributed by atoms with E-state index in [9.17, 15) is 22.2 Å². The van der Waals surface area contributed by atoms with E-state index in [0.29, 0.717) is 36.5 Å². The summed E-state index contributed by atoms with van der Waals surface area (Å²) < 4.78 is 62.6. The van der Waals surface area contributed by atoms with Crippen LogP contribution in [0.1, 0.15) is 12.0 Å². The first kappa shape index (κ1) is 25.0. The summed E-state index contributed by atoms with van der Waals surface area (Å²) in [6.45, 7) is 1.000. The van der Waals surface area contributed by atoms with Crippen molar-refractivity contribution in [1.82, 2.24) is 9.29 Å². The molecule has 0 spiro atoms. The Morgan fingerprint density at radius 3 is 2.65 bits per heavy atom. The molecule has 4 N–H and O–H groups in total. The van der Waals surface area contributed by atoms with Crippen molar-refractivity contribution in [3.63, 3.8) is 0 Å². The Kier molecular flexibility index (Phi) is 7.51. The largest absolute Gasteiger partial charge is 0.389 e. The molecule has 0 bridgehead atoms. The minimum Gasteiger partial charge on any atom is -0.389 e. The van der Waals surface area contributed by atoms with Gasteiger partial charge in [-0.3, -0.25) is 10.1 Å². The highest BCUT2D eigenvalue weighted by molar-refractivity contribution is 8.22. The van der Waals surface area contributed by atoms with Gasteiger partial charge in [0.05, 0.1) is 30.9 Å². The summed E-state index contributed by atoms with van der Waals surface area (Å²) in [7, 11) is -6.32. The highest BCUT2D eigenvalue weighted by Crippen LogP contribution is 2.51. The molecule has 0 saturated carbocycles. The Labute approximate surface area is 201 Å². The summed E-state index contributed by atoms with van der Waals surface area (Å²) in [6, 6.07) is 6.01. The number of oxime groups is 1. The number of thiazole rings is 1. The van der Waals surface area contributed by atoms with E-state index >= 15 is 0 Å². The van der Waals surface area contributed by atoms with E-state index < -0.39 is 31.7 Å². The molecule has 4 rings (SSSR count). The average Bonchev–Trinajstić information content (AvgIpc) is 3.46. The summed E-state index contributed by atoms with van der Waals surface area (Å²) in [4.78, 5) is 22.4. The van der Waals surface area contributed by atoms with Gasteiger partial charge in [-0.25, -0.2) is 18.0 Å². The van der Waals surface area contributed by atoms with Gasteiger partial charge in [-0.15, -0.1) is 0 Å². The highest BCUT2D eigenvalue weighted by atomic mass is 32.3. The van der Waals surface area contributed by atoms with E-state index in [1.807, 2.05) is 0 Å². The van der Waals surface area contributed by atoms with Crippen LogP contribution in [-0.4, -0.2) is 82.3 Å². The fourth-order valence-corrected chi connectivity index (χ4v) is 6.82. The van der Waals surface area contributed by atoms with Crippen LogP contribution < -0.4 is 5.32 Å². The molecule has 1 unspecified atom stereocenters. The number of hydrogen-bond acceptors (Lipinski definition) is 10. The molecule has 0 radical (unpaired) electrons. The van der Waals surface area contributed by atoms with Gasteiger partial charge in [0, 0.05) is 25.1 Å². The Morgan fingerprint density at radius 2 is 2.06 bits per heavy atom. The minimum absolute atomic E-state index is 0.0565. The van der Waals surface area contributed by atoms with Crippen LogP contribution in [0, 0.1) is 5.13 Å². The standard InChI is InChI=1S/C19H23FN4O7S3/c20-16-11-21-19(32-16)22-18(25)17(23-31-14-5-8-30-12-14)13-1-3-15(4-2-13)34(28,29)24-6-9-33(26,27)10-7-24/h1-4,11,14,28-29H,5-10,12H2,(H,21,22,25)/p+1/b23-17+/t14-/m1/s1. The van der Waals surface area contributed by atoms with Crippen molar-refractivity contribution in [2.75, 3.05) is 43.1 Å². The second kappa shape index (κ2) is 10.2. The lowest BCUT2D eigenvalue weighted by Gasteiger charge is -2.40. The van der Waals surface area contributed by atoms with E-state index in [1.54, 1.807) is 0 Å². The predicted octanol–water partition coefficient (Wildman–Crippen LogP) is 1.35. The molecule has 1 amide bonds. The zero-order chi connectivity index (χ0) is 24.3. The SMILES string of the molecule is O=C(Nc1ncc(F)s1)/C(=N/O[C@@H]1CCOC1)c1ccc(S(O)([OH2+])N2CCS(=O)(=O)CC2)cc1.